The maximum absolute atomic E-state index is 6.24. The summed E-state index contributed by atoms with van der Waals surface area (Å²) >= 11 is 12.5. The number of tetrazole rings is 1. The fourth-order valence-electron chi connectivity index (χ4n) is 4.76. The highest BCUT2D eigenvalue weighted by molar-refractivity contribution is 6.31. The molecule has 0 unspecified atom stereocenters. The summed E-state index contributed by atoms with van der Waals surface area (Å²) in [5.41, 5.74) is 5.10. The van der Waals surface area contributed by atoms with Crippen LogP contribution in [0, 0.1) is 0 Å². The minimum atomic E-state index is 0.475. The first-order chi connectivity index (χ1) is 17.1. The zero-order chi connectivity index (χ0) is 23.8. The van der Waals surface area contributed by atoms with E-state index >= 15 is 0 Å². The quantitative estimate of drug-likeness (QED) is 0.438. The summed E-state index contributed by atoms with van der Waals surface area (Å²) in [6, 6.07) is 15.9. The molecule has 0 atom stereocenters. The molecule has 180 valence electrons. The number of hydrazine groups is 1. The fraction of sp³-hybridized carbons (Fsp3) is 0.385. The minimum Gasteiger partial charge on any atom is -0.297 e. The number of piperidine rings is 1. The zero-order valence-corrected chi connectivity index (χ0v) is 21.0. The van der Waals surface area contributed by atoms with Crippen molar-refractivity contribution in [1.29, 1.82) is 0 Å². The number of halogens is 2. The Hall–Kier alpha value is -2.74. The number of nitrogens with zero attached hydrogens (tertiary/aromatic N) is 7. The second-order valence-electron chi connectivity index (χ2n) is 9.41. The van der Waals surface area contributed by atoms with Gasteiger partial charge in [-0.05, 0) is 55.2 Å². The Bertz CT molecular complexity index is 1250. The number of aromatic nitrogens is 4. The average molecular weight is 508 g/mol. The van der Waals surface area contributed by atoms with Crippen molar-refractivity contribution in [2.75, 3.05) is 19.6 Å². The Kier molecular flexibility index (Phi) is 6.31. The van der Waals surface area contributed by atoms with E-state index in [0.717, 1.165) is 65.0 Å². The SMILES string of the molecule is Clc1ccc(C2=C(c3ccc(Cl)cc3)N(N3CCCCC3)CC(Cn3nnc(C4CC4)n3)=N2)cc1. The third-order valence-electron chi connectivity index (χ3n) is 6.73. The predicted molar refractivity (Wildman–Crippen MR) is 139 cm³/mol. The van der Waals surface area contributed by atoms with Crippen LogP contribution in [0.25, 0.3) is 11.4 Å². The molecule has 2 aliphatic heterocycles. The van der Waals surface area contributed by atoms with Gasteiger partial charge in [0.1, 0.15) is 6.54 Å². The number of hydrogen-bond acceptors (Lipinski definition) is 6. The molecular formula is C26H27Cl2N7. The number of benzene rings is 2. The van der Waals surface area contributed by atoms with E-state index in [0.29, 0.717) is 24.0 Å². The summed E-state index contributed by atoms with van der Waals surface area (Å²) in [7, 11) is 0. The Labute approximate surface area is 215 Å². The third-order valence-corrected chi connectivity index (χ3v) is 7.23. The molecule has 0 amide bonds. The van der Waals surface area contributed by atoms with Crippen molar-refractivity contribution in [1.82, 2.24) is 30.2 Å². The lowest BCUT2D eigenvalue weighted by Crippen LogP contribution is -2.48. The molecule has 7 nitrogen and oxygen atoms in total. The summed E-state index contributed by atoms with van der Waals surface area (Å²) < 4.78 is 0. The zero-order valence-electron chi connectivity index (χ0n) is 19.4. The summed E-state index contributed by atoms with van der Waals surface area (Å²) in [6.07, 6.45) is 5.94. The van der Waals surface area contributed by atoms with Crippen LogP contribution < -0.4 is 0 Å². The molecule has 0 bridgehead atoms. The van der Waals surface area contributed by atoms with E-state index in [1.165, 1.54) is 19.3 Å². The van der Waals surface area contributed by atoms with Crippen LogP contribution in [0.1, 0.15) is 55.0 Å². The normalized spacial score (nSPS) is 19.3. The highest BCUT2D eigenvalue weighted by Gasteiger charge is 2.31. The maximum atomic E-state index is 6.24. The molecule has 3 aliphatic rings. The molecule has 0 spiro atoms. The topological polar surface area (TPSA) is 62.4 Å². The van der Waals surface area contributed by atoms with Gasteiger partial charge in [0, 0.05) is 40.2 Å². The second kappa shape index (κ2) is 9.72. The Morgan fingerprint density at radius 1 is 0.829 bits per heavy atom. The molecule has 35 heavy (non-hydrogen) atoms. The minimum absolute atomic E-state index is 0.475. The number of hydrogen-bond donors (Lipinski definition) is 0. The van der Waals surface area contributed by atoms with Gasteiger partial charge >= 0.3 is 0 Å². The van der Waals surface area contributed by atoms with Gasteiger partial charge in [0.2, 0.25) is 0 Å². The fourth-order valence-corrected chi connectivity index (χ4v) is 5.01. The average Bonchev–Trinajstić information content (AvgIpc) is 3.64. The standard InChI is InChI=1S/C26H27Cl2N7/c27-21-10-6-18(7-11-21)24-25(19-8-12-22(28)13-9-19)34(33-14-2-1-3-15-33)16-23(29-24)17-35-31-26(30-32-35)20-4-5-20/h6-13,20H,1-5,14-17H2. The highest BCUT2D eigenvalue weighted by atomic mass is 35.5. The van der Waals surface area contributed by atoms with Gasteiger partial charge in [-0.3, -0.25) is 10.0 Å². The van der Waals surface area contributed by atoms with Crippen molar-refractivity contribution in [3.8, 4) is 0 Å². The summed E-state index contributed by atoms with van der Waals surface area (Å²) in [5.74, 6) is 1.33. The van der Waals surface area contributed by atoms with Crippen molar-refractivity contribution >= 4 is 40.3 Å². The van der Waals surface area contributed by atoms with Gasteiger partial charge in [0.05, 0.1) is 23.7 Å². The van der Waals surface area contributed by atoms with Crippen molar-refractivity contribution in [2.24, 2.45) is 4.99 Å². The van der Waals surface area contributed by atoms with E-state index in [4.69, 9.17) is 28.2 Å². The second-order valence-corrected chi connectivity index (χ2v) is 10.3. The van der Waals surface area contributed by atoms with Gasteiger partial charge in [0.15, 0.2) is 5.82 Å². The first-order valence-corrected chi connectivity index (χ1v) is 13.0. The van der Waals surface area contributed by atoms with Crippen LogP contribution in [0.5, 0.6) is 0 Å². The number of aliphatic imine (C=N–C) groups is 1. The largest absolute Gasteiger partial charge is 0.297 e. The predicted octanol–water partition coefficient (Wildman–Crippen LogP) is 5.54. The van der Waals surface area contributed by atoms with E-state index in [-0.39, 0.29) is 0 Å². The van der Waals surface area contributed by atoms with Crippen LogP contribution in [0.15, 0.2) is 53.5 Å². The molecule has 3 heterocycles. The molecule has 3 aromatic rings. The van der Waals surface area contributed by atoms with Gasteiger partial charge < -0.3 is 0 Å². The van der Waals surface area contributed by atoms with Crippen LogP contribution in [0.2, 0.25) is 10.0 Å². The van der Waals surface area contributed by atoms with Crippen LogP contribution in [0.4, 0.5) is 0 Å². The van der Waals surface area contributed by atoms with Crippen LogP contribution in [-0.4, -0.2) is 55.6 Å². The lowest BCUT2D eigenvalue weighted by atomic mass is 10.0. The Balaban J connectivity index is 1.45. The van der Waals surface area contributed by atoms with E-state index < -0.39 is 0 Å². The van der Waals surface area contributed by atoms with Crippen LogP contribution in [0.3, 0.4) is 0 Å². The lowest BCUT2D eigenvalue weighted by molar-refractivity contribution is 0.0272. The highest BCUT2D eigenvalue weighted by Crippen LogP contribution is 2.38. The van der Waals surface area contributed by atoms with Crippen molar-refractivity contribution in [2.45, 2.75) is 44.6 Å². The van der Waals surface area contributed by atoms with E-state index in [1.807, 2.05) is 36.4 Å². The van der Waals surface area contributed by atoms with Crippen LogP contribution in [-0.2, 0) is 6.54 Å². The summed E-state index contributed by atoms with van der Waals surface area (Å²) in [5, 5.41) is 19.5. The van der Waals surface area contributed by atoms with Gasteiger partial charge in [-0.2, -0.15) is 4.80 Å². The Morgan fingerprint density at radius 2 is 1.49 bits per heavy atom. The monoisotopic (exact) mass is 507 g/mol. The summed E-state index contributed by atoms with van der Waals surface area (Å²) in [6.45, 7) is 3.22. The van der Waals surface area contributed by atoms with Gasteiger partial charge in [-0.15, -0.1) is 10.2 Å². The van der Waals surface area contributed by atoms with E-state index in [2.05, 4.69) is 37.6 Å². The van der Waals surface area contributed by atoms with Gasteiger partial charge in [-0.1, -0.05) is 53.9 Å². The van der Waals surface area contributed by atoms with E-state index in [9.17, 15) is 0 Å². The molecule has 1 aliphatic carbocycles. The molecule has 0 N–H and O–H groups in total. The maximum Gasteiger partial charge on any atom is 0.177 e. The third kappa shape index (κ3) is 4.99. The summed E-state index contributed by atoms with van der Waals surface area (Å²) in [4.78, 5) is 6.88. The molecular weight excluding hydrogens is 481 g/mol. The smallest absolute Gasteiger partial charge is 0.177 e. The molecule has 2 fully saturated rings. The molecule has 9 heteroatoms. The first-order valence-electron chi connectivity index (χ1n) is 12.3. The lowest BCUT2D eigenvalue weighted by Gasteiger charge is -2.43. The molecule has 1 aromatic heterocycles. The molecule has 6 rings (SSSR count). The Morgan fingerprint density at radius 3 is 2.14 bits per heavy atom. The van der Waals surface area contributed by atoms with E-state index in [1.54, 1.807) is 4.80 Å². The van der Waals surface area contributed by atoms with Crippen molar-refractivity contribution < 1.29 is 0 Å². The number of rotatable bonds is 6. The first kappa shape index (κ1) is 22.7. The van der Waals surface area contributed by atoms with Crippen LogP contribution >= 0.6 is 23.2 Å². The van der Waals surface area contributed by atoms with Gasteiger partial charge in [0.25, 0.3) is 0 Å². The van der Waals surface area contributed by atoms with Gasteiger partial charge in [-0.25, -0.2) is 5.01 Å². The van der Waals surface area contributed by atoms with Crippen molar-refractivity contribution in [3.63, 3.8) is 0 Å². The van der Waals surface area contributed by atoms with Crippen molar-refractivity contribution in [3.05, 3.63) is 75.5 Å². The molecule has 1 saturated heterocycles. The molecule has 2 aromatic carbocycles. The molecule has 0 radical (unpaired) electrons. The molecule has 1 saturated carbocycles.